The van der Waals surface area contributed by atoms with Crippen molar-refractivity contribution in [3.63, 3.8) is 0 Å². The van der Waals surface area contributed by atoms with Crippen LogP contribution < -0.4 is 0 Å². The molecular formula is C12H13F3O. The standard InChI is InChI=1S/C12H13F3O/c1-8(2)9-3-5-10(6-4-9)11(7-16)12(13,14)15/h3-6,11,16H,1,7H2,2H3. The minimum Gasteiger partial charge on any atom is -0.395 e. The summed E-state index contributed by atoms with van der Waals surface area (Å²) in [4.78, 5) is 0. The molecule has 16 heavy (non-hydrogen) atoms. The molecule has 1 aromatic carbocycles. The summed E-state index contributed by atoms with van der Waals surface area (Å²) >= 11 is 0. The summed E-state index contributed by atoms with van der Waals surface area (Å²) in [5.41, 5.74) is 1.65. The molecule has 1 aromatic rings. The van der Waals surface area contributed by atoms with Crippen LogP contribution in [0.25, 0.3) is 5.57 Å². The van der Waals surface area contributed by atoms with Gasteiger partial charge in [-0.15, -0.1) is 0 Å². The molecule has 1 N–H and O–H groups in total. The molecule has 0 heterocycles. The van der Waals surface area contributed by atoms with Gasteiger partial charge in [-0.3, -0.25) is 0 Å². The van der Waals surface area contributed by atoms with Crippen LogP contribution in [0.4, 0.5) is 13.2 Å². The molecule has 0 aliphatic rings. The topological polar surface area (TPSA) is 20.2 Å². The van der Waals surface area contributed by atoms with E-state index in [0.29, 0.717) is 0 Å². The van der Waals surface area contributed by atoms with Crippen LogP contribution in [0, 0.1) is 0 Å². The minimum absolute atomic E-state index is 0.0694. The molecule has 0 spiro atoms. The summed E-state index contributed by atoms with van der Waals surface area (Å²) in [6.45, 7) is 4.54. The molecule has 1 nitrogen and oxygen atoms in total. The fraction of sp³-hybridized carbons (Fsp3) is 0.333. The number of aliphatic hydroxyl groups is 1. The van der Waals surface area contributed by atoms with Crippen molar-refractivity contribution >= 4 is 5.57 Å². The van der Waals surface area contributed by atoms with Crippen molar-refractivity contribution < 1.29 is 18.3 Å². The van der Waals surface area contributed by atoms with Crippen molar-refractivity contribution in [2.24, 2.45) is 0 Å². The van der Waals surface area contributed by atoms with Gasteiger partial charge in [0.2, 0.25) is 0 Å². The van der Waals surface area contributed by atoms with Gasteiger partial charge in [0.05, 0.1) is 6.61 Å². The third-order valence-electron chi connectivity index (χ3n) is 2.38. The van der Waals surface area contributed by atoms with Gasteiger partial charge >= 0.3 is 6.18 Å². The lowest BCUT2D eigenvalue weighted by atomic mass is 9.97. The maximum absolute atomic E-state index is 12.5. The predicted molar refractivity (Wildman–Crippen MR) is 57.0 cm³/mol. The molecule has 1 rings (SSSR count). The Bertz CT molecular complexity index is 365. The van der Waals surface area contributed by atoms with Crippen molar-refractivity contribution in [2.45, 2.75) is 19.0 Å². The first-order valence-electron chi connectivity index (χ1n) is 4.79. The van der Waals surface area contributed by atoms with E-state index in [-0.39, 0.29) is 5.56 Å². The van der Waals surface area contributed by atoms with Crippen LogP contribution in [0.3, 0.4) is 0 Å². The highest BCUT2D eigenvalue weighted by atomic mass is 19.4. The van der Waals surface area contributed by atoms with Crippen LogP contribution in [0.1, 0.15) is 24.0 Å². The van der Waals surface area contributed by atoms with Gasteiger partial charge in [-0.25, -0.2) is 0 Å². The molecule has 0 radical (unpaired) electrons. The smallest absolute Gasteiger partial charge is 0.395 e. The largest absolute Gasteiger partial charge is 0.397 e. The minimum atomic E-state index is -4.42. The molecule has 88 valence electrons. The van der Waals surface area contributed by atoms with Crippen LogP contribution in [-0.4, -0.2) is 17.9 Å². The highest BCUT2D eigenvalue weighted by Crippen LogP contribution is 2.34. The zero-order valence-corrected chi connectivity index (χ0v) is 8.88. The molecule has 1 atom stereocenters. The quantitative estimate of drug-likeness (QED) is 0.844. The molecule has 0 fully saturated rings. The molecule has 0 amide bonds. The van der Waals surface area contributed by atoms with Crippen molar-refractivity contribution in [2.75, 3.05) is 6.61 Å². The van der Waals surface area contributed by atoms with Gasteiger partial charge in [0.25, 0.3) is 0 Å². The Morgan fingerprint density at radius 2 is 1.81 bits per heavy atom. The molecule has 0 bridgehead atoms. The van der Waals surface area contributed by atoms with Crippen LogP contribution in [-0.2, 0) is 0 Å². The van der Waals surface area contributed by atoms with E-state index in [0.717, 1.165) is 11.1 Å². The van der Waals surface area contributed by atoms with Gasteiger partial charge in [0.1, 0.15) is 5.92 Å². The van der Waals surface area contributed by atoms with Crippen LogP contribution in [0.15, 0.2) is 30.8 Å². The first-order valence-corrected chi connectivity index (χ1v) is 4.79. The normalized spacial score (nSPS) is 13.6. The Labute approximate surface area is 92.2 Å². The predicted octanol–water partition coefficient (Wildman–Crippen LogP) is 3.36. The average Bonchev–Trinajstić information content (AvgIpc) is 2.17. The second-order valence-electron chi connectivity index (χ2n) is 3.68. The maximum atomic E-state index is 12.5. The summed E-state index contributed by atoms with van der Waals surface area (Å²) < 4.78 is 37.5. The number of hydrogen-bond donors (Lipinski definition) is 1. The number of rotatable bonds is 3. The lowest BCUT2D eigenvalue weighted by molar-refractivity contribution is -0.158. The third-order valence-corrected chi connectivity index (χ3v) is 2.38. The fourth-order valence-electron chi connectivity index (χ4n) is 1.40. The van der Waals surface area contributed by atoms with Crippen molar-refractivity contribution in [1.29, 1.82) is 0 Å². The number of allylic oxidation sites excluding steroid dienone is 1. The van der Waals surface area contributed by atoms with Crippen LogP contribution in [0.2, 0.25) is 0 Å². The zero-order valence-electron chi connectivity index (χ0n) is 8.88. The van der Waals surface area contributed by atoms with Gasteiger partial charge in [-0.1, -0.05) is 36.4 Å². The maximum Gasteiger partial charge on any atom is 0.397 e. The van der Waals surface area contributed by atoms with Gasteiger partial charge in [0.15, 0.2) is 0 Å². The molecular weight excluding hydrogens is 217 g/mol. The highest BCUT2D eigenvalue weighted by Gasteiger charge is 2.40. The Kier molecular flexibility index (Phi) is 3.75. The van der Waals surface area contributed by atoms with Crippen LogP contribution in [0.5, 0.6) is 0 Å². The molecule has 0 aromatic heterocycles. The van der Waals surface area contributed by atoms with Crippen LogP contribution >= 0.6 is 0 Å². The van der Waals surface area contributed by atoms with E-state index in [4.69, 9.17) is 5.11 Å². The number of halogens is 3. The zero-order chi connectivity index (χ0) is 12.3. The second kappa shape index (κ2) is 4.70. The molecule has 1 unspecified atom stereocenters. The van der Waals surface area contributed by atoms with E-state index in [1.165, 1.54) is 12.1 Å². The average molecular weight is 230 g/mol. The monoisotopic (exact) mass is 230 g/mol. The molecule has 0 saturated carbocycles. The Hall–Kier alpha value is -1.29. The van der Waals surface area contributed by atoms with E-state index in [9.17, 15) is 13.2 Å². The molecule has 0 saturated heterocycles. The number of alkyl halides is 3. The van der Waals surface area contributed by atoms with Gasteiger partial charge in [0, 0.05) is 0 Å². The number of benzene rings is 1. The van der Waals surface area contributed by atoms with E-state index in [1.54, 1.807) is 19.1 Å². The summed E-state index contributed by atoms with van der Waals surface area (Å²) in [5.74, 6) is -1.81. The molecule has 0 aliphatic heterocycles. The first-order chi connectivity index (χ1) is 7.36. The van der Waals surface area contributed by atoms with E-state index in [1.807, 2.05) is 0 Å². The third kappa shape index (κ3) is 2.85. The van der Waals surface area contributed by atoms with Crippen molar-refractivity contribution in [3.8, 4) is 0 Å². The molecule has 4 heteroatoms. The first kappa shape index (κ1) is 12.8. The fourth-order valence-corrected chi connectivity index (χ4v) is 1.40. The molecule has 0 aliphatic carbocycles. The van der Waals surface area contributed by atoms with Crippen molar-refractivity contribution in [1.82, 2.24) is 0 Å². The number of hydrogen-bond acceptors (Lipinski definition) is 1. The summed E-state index contributed by atoms with van der Waals surface area (Å²) in [6, 6.07) is 5.90. The Morgan fingerprint density at radius 3 is 2.12 bits per heavy atom. The van der Waals surface area contributed by atoms with Gasteiger partial charge in [-0.05, 0) is 18.1 Å². The van der Waals surface area contributed by atoms with Gasteiger partial charge < -0.3 is 5.11 Å². The summed E-state index contributed by atoms with van der Waals surface area (Å²) in [5, 5.41) is 8.76. The van der Waals surface area contributed by atoms with Gasteiger partial charge in [-0.2, -0.15) is 13.2 Å². The lowest BCUT2D eigenvalue weighted by Gasteiger charge is -2.18. The number of aliphatic hydroxyl groups excluding tert-OH is 1. The summed E-state index contributed by atoms with van der Waals surface area (Å²) in [6.07, 6.45) is -4.42. The SMILES string of the molecule is C=C(C)c1ccc(C(CO)C(F)(F)F)cc1. The Balaban J connectivity index is 3.00. The lowest BCUT2D eigenvalue weighted by Crippen LogP contribution is -2.23. The van der Waals surface area contributed by atoms with E-state index < -0.39 is 18.7 Å². The second-order valence-corrected chi connectivity index (χ2v) is 3.68. The van der Waals surface area contributed by atoms with Crippen molar-refractivity contribution in [3.05, 3.63) is 42.0 Å². The Morgan fingerprint density at radius 1 is 1.31 bits per heavy atom. The summed E-state index contributed by atoms with van der Waals surface area (Å²) in [7, 11) is 0. The highest BCUT2D eigenvalue weighted by molar-refractivity contribution is 5.61. The van der Waals surface area contributed by atoms with E-state index in [2.05, 4.69) is 6.58 Å². The van der Waals surface area contributed by atoms with E-state index >= 15 is 0 Å².